The van der Waals surface area contributed by atoms with Crippen LogP contribution in [0.3, 0.4) is 0 Å². The number of aryl methyl sites for hydroxylation is 1. The lowest BCUT2D eigenvalue weighted by molar-refractivity contribution is -0.139. The van der Waals surface area contributed by atoms with Gasteiger partial charge in [0.05, 0.1) is 5.56 Å². The van der Waals surface area contributed by atoms with Crippen molar-refractivity contribution in [3.05, 3.63) is 71.6 Å². The van der Waals surface area contributed by atoms with E-state index in [0.29, 0.717) is 23.4 Å². The number of aromatic nitrogens is 1. The molecule has 0 radical (unpaired) electrons. The summed E-state index contributed by atoms with van der Waals surface area (Å²) in [6.07, 6.45) is 1.57. The third-order valence-corrected chi connectivity index (χ3v) is 5.00. The van der Waals surface area contributed by atoms with Gasteiger partial charge in [0.2, 0.25) is 0 Å². The van der Waals surface area contributed by atoms with Gasteiger partial charge in [0.25, 0.3) is 5.91 Å². The number of esters is 2. The summed E-state index contributed by atoms with van der Waals surface area (Å²) in [5.74, 6) is -0.987. The van der Waals surface area contributed by atoms with Gasteiger partial charge in [-0.2, -0.15) is 0 Å². The molecule has 1 aliphatic rings. The summed E-state index contributed by atoms with van der Waals surface area (Å²) < 4.78 is 9.87. The number of anilines is 1. The van der Waals surface area contributed by atoms with Gasteiger partial charge in [0.15, 0.2) is 5.69 Å². The number of ether oxygens (including phenoxy) is 1. The van der Waals surface area contributed by atoms with Gasteiger partial charge in [-0.05, 0) is 61.7 Å². The van der Waals surface area contributed by atoms with Gasteiger partial charge < -0.3 is 19.9 Å². The second-order valence-electron chi connectivity index (χ2n) is 7.29. The molecule has 1 fully saturated rings. The van der Waals surface area contributed by atoms with E-state index in [0.717, 1.165) is 24.1 Å². The Morgan fingerprint density at radius 1 is 1.06 bits per heavy atom. The van der Waals surface area contributed by atoms with Crippen molar-refractivity contribution in [1.82, 2.24) is 10.5 Å². The molecule has 1 amide bonds. The molecule has 31 heavy (non-hydrogen) atoms. The summed E-state index contributed by atoms with van der Waals surface area (Å²) >= 11 is 0. The molecule has 0 unspecified atom stereocenters. The lowest BCUT2D eigenvalue weighted by atomic mass is 10.0. The number of benzene rings is 2. The highest BCUT2D eigenvalue weighted by atomic mass is 16.6. The average Bonchev–Trinajstić information content (AvgIpc) is 3.46. The van der Waals surface area contributed by atoms with Gasteiger partial charge in [-0.3, -0.25) is 4.79 Å². The van der Waals surface area contributed by atoms with E-state index in [1.807, 2.05) is 12.1 Å². The Labute approximate surface area is 178 Å². The van der Waals surface area contributed by atoms with Gasteiger partial charge in [-0.1, -0.05) is 29.4 Å². The van der Waals surface area contributed by atoms with Crippen molar-refractivity contribution in [1.29, 1.82) is 0 Å². The first-order valence-electron chi connectivity index (χ1n) is 9.94. The molecule has 8 nitrogen and oxygen atoms in total. The SMILES string of the molecule is Cc1cc(C(=O)Nc2ccc(-c3ccc(C(=O)OC(=O)[C@@H]4CCCN4)cc3)cc2)no1. The molecular weight excluding hydrogens is 398 g/mol. The van der Waals surface area contributed by atoms with E-state index in [9.17, 15) is 14.4 Å². The predicted molar refractivity (Wildman–Crippen MR) is 113 cm³/mol. The minimum atomic E-state index is -0.661. The van der Waals surface area contributed by atoms with Crippen molar-refractivity contribution in [2.75, 3.05) is 11.9 Å². The average molecular weight is 419 g/mol. The van der Waals surface area contributed by atoms with Crippen LogP contribution in [0.5, 0.6) is 0 Å². The lowest BCUT2D eigenvalue weighted by Gasteiger charge is -2.09. The maximum atomic E-state index is 12.2. The fourth-order valence-corrected chi connectivity index (χ4v) is 3.32. The topological polar surface area (TPSA) is 111 Å². The largest absolute Gasteiger partial charge is 0.388 e. The number of rotatable bonds is 5. The Morgan fingerprint density at radius 3 is 2.32 bits per heavy atom. The zero-order valence-corrected chi connectivity index (χ0v) is 16.9. The van der Waals surface area contributed by atoms with Gasteiger partial charge in [0.1, 0.15) is 11.8 Å². The number of carbonyl (C=O) groups is 3. The quantitative estimate of drug-likeness (QED) is 0.482. The number of nitrogens with zero attached hydrogens (tertiary/aromatic N) is 1. The molecule has 8 heteroatoms. The van der Waals surface area contributed by atoms with E-state index in [-0.39, 0.29) is 11.6 Å². The van der Waals surface area contributed by atoms with Crippen molar-refractivity contribution in [2.45, 2.75) is 25.8 Å². The molecule has 0 saturated carbocycles. The van der Waals surface area contributed by atoms with Gasteiger partial charge in [-0.15, -0.1) is 0 Å². The Hall–Kier alpha value is -3.78. The van der Waals surface area contributed by atoms with Crippen LogP contribution in [-0.4, -0.2) is 35.6 Å². The van der Waals surface area contributed by atoms with Crippen LogP contribution in [0.15, 0.2) is 59.1 Å². The van der Waals surface area contributed by atoms with Crippen LogP contribution in [0.1, 0.15) is 39.4 Å². The van der Waals surface area contributed by atoms with Crippen LogP contribution in [0.2, 0.25) is 0 Å². The number of hydrogen-bond donors (Lipinski definition) is 2. The summed E-state index contributed by atoms with van der Waals surface area (Å²) in [6, 6.07) is 15.2. The normalized spacial score (nSPS) is 15.5. The first kappa shape index (κ1) is 20.5. The van der Waals surface area contributed by atoms with Crippen LogP contribution >= 0.6 is 0 Å². The van der Waals surface area contributed by atoms with Gasteiger partial charge in [-0.25, -0.2) is 9.59 Å². The van der Waals surface area contributed by atoms with E-state index in [1.54, 1.807) is 49.4 Å². The molecule has 1 aliphatic heterocycles. The Balaban J connectivity index is 1.37. The first-order valence-corrected chi connectivity index (χ1v) is 9.94. The molecule has 2 N–H and O–H groups in total. The molecule has 1 atom stereocenters. The highest BCUT2D eigenvalue weighted by molar-refractivity contribution is 6.03. The van der Waals surface area contributed by atoms with Crippen LogP contribution in [0.25, 0.3) is 11.1 Å². The highest BCUT2D eigenvalue weighted by Gasteiger charge is 2.26. The van der Waals surface area contributed by atoms with E-state index in [4.69, 9.17) is 9.26 Å². The standard InChI is InChI=1S/C23H21N3O5/c1-14-13-20(26-31-14)21(27)25-18-10-8-16(9-11-18)15-4-6-17(7-5-15)22(28)30-23(29)19-3-2-12-24-19/h4-11,13,19,24H,2-3,12H2,1H3,(H,25,27)/t19-/m0/s1. The third kappa shape index (κ3) is 4.87. The van der Waals surface area contributed by atoms with Crippen LogP contribution in [-0.2, 0) is 9.53 Å². The molecule has 2 heterocycles. The third-order valence-electron chi connectivity index (χ3n) is 5.00. The second kappa shape index (κ2) is 8.93. The molecule has 1 aromatic heterocycles. The van der Waals surface area contributed by atoms with Crippen molar-refractivity contribution < 1.29 is 23.6 Å². The Morgan fingerprint density at radius 2 is 1.74 bits per heavy atom. The molecule has 0 spiro atoms. The molecule has 0 bridgehead atoms. The minimum Gasteiger partial charge on any atom is -0.388 e. The molecule has 4 rings (SSSR count). The smallest absolute Gasteiger partial charge is 0.345 e. The van der Waals surface area contributed by atoms with Crippen molar-refractivity contribution in [3.8, 4) is 11.1 Å². The number of hydrogen-bond acceptors (Lipinski definition) is 7. The van der Waals surface area contributed by atoms with Gasteiger partial charge >= 0.3 is 11.9 Å². The van der Waals surface area contributed by atoms with Gasteiger partial charge in [0, 0.05) is 11.8 Å². The van der Waals surface area contributed by atoms with Crippen LogP contribution < -0.4 is 10.6 Å². The summed E-state index contributed by atoms with van der Waals surface area (Å²) in [4.78, 5) is 36.3. The summed E-state index contributed by atoms with van der Waals surface area (Å²) in [5, 5.41) is 9.46. The maximum Gasteiger partial charge on any atom is 0.345 e. The lowest BCUT2D eigenvalue weighted by Crippen LogP contribution is -2.33. The monoisotopic (exact) mass is 419 g/mol. The maximum absolute atomic E-state index is 12.2. The fourth-order valence-electron chi connectivity index (χ4n) is 3.32. The van der Waals surface area contributed by atoms with E-state index < -0.39 is 18.0 Å². The molecule has 1 saturated heterocycles. The number of carbonyl (C=O) groups excluding carboxylic acids is 3. The van der Waals surface area contributed by atoms with E-state index in [1.165, 1.54) is 0 Å². The van der Waals surface area contributed by atoms with Crippen LogP contribution in [0.4, 0.5) is 5.69 Å². The highest BCUT2D eigenvalue weighted by Crippen LogP contribution is 2.23. The molecule has 0 aliphatic carbocycles. The summed E-state index contributed by atoms with van der Waals surface area (Å²) in [7, 11) is 0. The molecular formula is C23H21N3O5. The van der Waals surface area contributed by atoms with Crippen molar-refractivity contribution in [3.63, 3.8) is 0 Å². The zero-order valence-electron chi connectivity index (χ0n) is 16.9. The van der Waals surface area contributed by atoms with Crippen molar-refractivity contribution >= 4 is 23.5 Å². The Bertz CT molecular complexity index is 1100. The molecule has 2 aromatic carbocycles. The molecule has 3 aromatic rings. The fraction of sp³-hybridized carbons (Fsp3) is 0.217. The predicted octanol–water partition coefficient (Wildman–Crippen LogP) is 3.34. The summed E-state index contributed by atoms with van der Waals surface area (Å²) in [6.45, 7) is 2.47. The zero-order chi connectivity index (χ0) is 21.8. The number of nitrogens with one attached hydrogen (secondary N) is 2. The molecule has 158 valence electrons. The minimum absolute atomic E-state index is 0.214. The van der Waals surface area contributed by atoms with E-state index in [2.05, 4.69) is 15.8 Å². The second-order valence-corrected chi connectivity index (χ2v) is 7.29. The van der Waals surface area contributed by atoms with Crippen molar-refractivity contribution in [2.24, 2.45) is 0 Å². The van der Waals surface area contributed by atoms with E-state index >= 15 is 0 Å². The number of amides is 1. The summed E-state index contributed by atoms with van der Waals surface area (Å²) in [5.41, 5.74) is 2.92. The first-order chi connectivity index (χ1) is 15.0. The van der Waals surface area contributed by atoms with Crippen LogP contribution in [0, 0.1) is 6.92 Å². The Kier molecular flexibility index (Phi) is 5.90.